The summed E-state index contributed by atoms with van der Waals surface area (Å²) >= 11 is 0. The van der Waals surface area contributed by atoms with Crippen LogP contribution in [0.2, 0.25) is 0 Å². The highest BCUT2D eigenvalue weighted by molar-refractivity contribution is 6.24. The van der Waals surface area contributed by atoms with Crippen molar-refractivity contribution in [2.45, 2.75) is 12.2 Å². The normalized spacial score (nSPS) is 18.1. The highest BCUT2D eigenvalue weighted by Gasteiger charge is 2.46. The predicted octanol–water partition coefficient (Wildman–Crippen LogP) is 6.22. The van der Waals surface area contributed by atoms with Crippen LogP contribution in [-0.2, 0) is 26.5 Å². The standard InChI is InChI=1S/C29H22O3/c30-28-26(23-15-7-2-8-16-23)27(24-17-9-3-10-18-24)31-29(32-28,25-19-11-4-12-20-25)21-22-13-5-1-6-14-22/h1-20H,21H2/t29-/m1/s1. The van der Waals surface area contributed by atoms with Gasteiger partial charge in [0, 0.05) is 11.1 Å². The van der Waals surface area contributed by atoms with E-state index < -0.39 is 11.8 Å². The van der Waals surface area contributed by atoms with E-state index in [1.165, 1.54) is 0 Å². The van der Waals surface area contributed by atoms with Gasteiger partial charge in [-0.15, -0.1) is 0 Å². The molecule has 3 nitrogen and oxygen atoms in total. The van der Waals surface area contributed by atoms with Gasteiger partial charge in [0.15, 0.2) is 0 Å². The molecule has 0 aliphatic carbocycles. The maximum absolute atomic E-state index is 13.6. The van der Waals surface area contributed by atoms with E-state index in [1.54, 1.807) is 0 Å². The lowest BCUT2D eigenvalue weighted by Crippen LogP contribution is -2.41. The number of carbonyl (C=O) groups is 1. The first-order valence-corrected chi connectivity index (χ1v) is 10.6. The van der Waals surface area contributed by atoms with Crippen molar-refractivity contribution in [3.05, 3.63) is 144 Å². The summed E-state index contributed by atoms with van der Waals surface area (Å²) in [7, 11) is 0. The average molecular weight is 418 g/mol. The molecule has 4 aromatic rings. The number of cyclic esters (lactones) is 1. The van der Waals surface area contributed by atoms with Crippen molar-refractivity contribution in [1.82, 2.24) is 0 Å². The zero-order valence-corrected chi connectivity index (χ0v) is 17.5. The van der Waals surface area contributed by atoms with Crippen LogP contribution in [-0.4, -0.2) is 5.97 Å². The van der Waals surface area contributed by atoms with Gasteiger partial charge in [0.1, 0.15) is 11.3 Å². The van der Waals surface area contributed by atoms with Crippen LogP contribution in [0.3, 0.4) is 0 Å². The zero-order valence-electron chi connectivity index (χ0n) is 17.5. The fraction of sp³-hybridized carbons (Fsp3) is 0.0690. The van der Waals surface area contributed by atoms with Crippen molar-refractivity contribution in [3.63, 3.8) is 0 Å². The van der Waals surface area contributed by atoms with Gasteiger partial charge in [0.25, 0.3) is 5.79 Å². The van der Waals surface area contributed by atoms with Crippen LogP contribution in [0.1, 0.15) is 22.3 Å². The van der Waals surface area contributed by atoms with Gasteiger partial charge < -0.3 is 9.47 Å². The SMILES string of the molecule is O=C1O[C@](Cc2ccccc2)(c2ccccc2)OC(c2ccccc2)=C1c1ccccc1. The monoisotopic (exact) mass is 418 g/mol. The maximum atomic E-state index is 13.6. The molecule has 0 amide bonds. The second-order valence-electron chi connectivity index (χ2n) is 7.71. The number of ether oxygens (including phenoxy) is 2. The van der Waals surface area contributed by atoms with Crippen LogP contribution in [0.15, 0.2) is 121 Å². The van der Waals surface area contributed by atoms with Gasteiger partial charge in [0.2, 0.25) is 0 Å². The molecule has 0 radical (unpaired) electrons. The third-order valence-electron chi connectivity index (χ3n) is 5.55. The minimum Gasteiger partial charge on any atom is -0.446 e. The summed E-state index contributed by atoms with van der Waals surface area (Å²) in [6, 6.07) is 38.9. The lowest BCUT2D eigenvalue weighted by atomic mass is 9.93. The summed E-state index contributed by atoms with van der Waals surface area (Å²) < 4.78 is 12.9. The van der Waals surface area contributed by atoms with Crippen molar-refractivity contribution in [1.29, 1.82) is 0 Å². The molecule has 1 heterocycles. The Kier molecular flexibility index (Phi) is 5.30. The van der Waals surface area contributed by atoms with Crippen LogP contribution in [0.5, 0.6) is 0 Å². The summed E-state index contributed by atoms with van der Waals surface area (Å²) in [5, 5.41) is 0. The van der Waals surface area contributed by atoms with Gasteiger partial charge in [-0.05, 0) is 11.1 Å². The first kappa shape index (κ1) is 19.8. The van der Waals surface area contributed by atoms with Crippen molar-refractivity contribution < 1.29 is 14.3 Å². The van der Waals surface area contributed by atoms with E-state index >= 15 is 0 Å². The largest absolute Gasteiger partial charge is 0.446 e. The summed E-state index contributed by atoms with van der Waals surface area (Å²) in [5.74, 6) is -1.16. The van der Waals surface area contributed by atoms with Gasteiger partial charge in [-0.1, -0.05) is 121 Å². The van der Waals surface area contributed by atoms with E-state index in [-0.39, 0.29) is 0 Å². The van der Waals surface area contributed by atoms with Crippen molar-refractivity contribution in [2.24, 2.45) is 0 Å². The molecule has 0 bridgehead atoms. The van der Waals surface area contributed by atoms with Crippen LogP contribution in [0, 0.1) is 0 Å². The van der Waals surface area contributed by atoms with Gasteiger partial charge in [0.05, 0.1) is 6.42 Å². The third-order valence-corrected chi connectivity index (χ3v) is 5.55. The molecule has 0 saturated heterocycles. The smallest absolute Gasteiger partial charge is 0.346 e. The highest BCUT2D eigenvalue weighted by Crippen LogP contribution is 2.44. The minimum atomic E-state index is -1.27. The zero-order chi connectivity index (χ0) is 21.8. The lowest BCUT2D eigenvalue weighted by Gasteiger charge is -2.39. The number of carbonyl (C=O) groups excluding carboxylic acids is 1. The van der Waals surface area contributed by atoms with E-state index in [1.807, 2.05) is 121 Å². The van der Waals surface area contributed by atoms with E-state index in [2.05, 4.69) is 0 Å². The Hall–Kier alpha value is -4.11. The molecule has 0 unspecified atom stereocenters. The molecule has 4 aromatic carbocycles. The fourth-order valence-corrected chi connectivity index (χ4v) is 4.03. The minimum absolute atomic E-state index is 0.391. The first-order valence-electron chi connectivity index (χ1n) is 10.6. The Bertz CT molecular complexity index is 1230. The fourth-order valence-electron chi connectivity index (χ4n) is 4.03. The Labute approximate surface area is 187 Å². The molecule has 0 fully saturated rings. The molecule has 32 heavy (non-hydrogen) atoms. The second-order valence-corrected chi connectivity index (χ2v) is 7.71. The number of hydrogen-bond donors (Lipinski definition) is 0. The quantitative estimate of drug-likeness (QED) is 0.361. The second kappa shape index (κ2) is 8.56. The van der Waals surface area contributed by atoms with Crippen LogP contribution >= 0.6 is 0 Å². The lowest BCUT2D eigenvalue weighted by molar-refractivity contribution is -0.211. The van der Waals surface area contributed by atoms with E-state index in [4.69, 9.17) is 9.47 Å². The Morgan fingerprint density at radius 1 is 0.562 bits per heavy atom. The van der Waals surface area contributed by atoms with Crippen LogP contribution in [0.4, 0.5) is 0 Å². The summed E-state index contributed by atoms with van der Waals surface area (Å²) in [5.41, 5.74) is 3.82. The first-order chi connectivity index (χ1) is 15.8. The van der Waals surface area contributed by atoms with Crippen molar-refractivity contribution in [3.8, 4) is 0 Å². The molecule has 1 aliphatic heterocycles. The number of esters is 1. The van der Waals surface area contributed by atoms with E-state index in [0.29, 0.717) is 17.8 Å². The number of rotatable bonds is 5. The van der Waals surface area contributed by atoms with Crippen LogP contribution in [0.25, 0.3) is 11.3 Å². The summed E-state index contributed by atoms with van der Waals surface area (Å²) in [6.07, 6.45) is 0.391. The summed E-state index contributed by atoms with van der Waals surface area (Å²) in [4.78, 5) is 13.6. The van der Waals surface area contributed by atoms with Gasteiger partial charge in [-0.3, -0.25) is 0 Å². The Morgan fingerprint density at radius 2 is 1.06 bits per heavy atom. The molecule has 5 rings (SSSR count). The van der Waals surface area contributed by atoms with Gasteiger partial charge in [-0.25, -0.2) is 4.79 Å². The topological polar surface area (TPSA) is 35.5 Å². The number of hydrogen-bond acceptors (Lipinski definition) is 3. The molecular weight excluding hydrogens is 396 g/mol. The predicted molar refractivity (Wildman–Crippen MR) is 125 cm³/mol. The number of benzene rings is 4. The molecule has 0 N–H and O–H groups in total. The molecular formula is C29H22O3. The van der Waals surface area contributed by atoms with E-state index in [0.717, 1.165) is 22.3 Å². The van der Waals surface area contributed by atoms with Crippen molar-refractivity contribution in [2.75, 3.05) is 0 Å². The molecule has 1 atom stereocenters. The molecule has 156 valence electrons. The van der Waals surface area contributed by atoms with Gasteiger partial charge in [-0.2, -0.15) is 0 Å². The van der Waals surface area contributed by atoms with Crippen molar-refractivity contribution >= 4 is 17.3 Å². The molecule has 1 aliphatic rings. The molecule has 0 aromatic heterocycles. The molecule has 0 saturated carbocycles. The Balaban J connectivity index is 1.71. The summed E-state index contributed by atoms with van der Waals surface area (Å²) in [6.45, 7) is 0. The molecule has 0 spiro atoms. The molecule has 3 heteroatoms. The van der Waals surface area contributed by atoms with E-state index in [9.17, 15) is 4.79 Å². The third kappa shape index (κ3) is 3.81. The maximum Gasteiger partial charge on any atom is 0.346 e. The average Bonchev–Trinajstić information content (AvgIpc) is 2.86. The van der Waals surface area contributed by atoms with Crippen LogP contribution < -0.4 is 0 Å². The van der Waals surface area contributed by atoms with Gasteiger partial charge >= 0.3 is 5.97 Å². The highest BCUT2D eigenvalue weighted by atomic mass is 16.7. The Morgan fingerprint density at radius 3 is 1.66 bits per heavy atom.